The van der Waals surface area contributed by atoms with Gasteiger partial charge in [0.05, 0.1) is 16.7 Å². The number of hydrogen-bond donors (Lipinski definition) is 3. The predicted molar refractivity (Wildman–Crippen MR) is 101 cm³/mol. The largest absolute Gasteiger partial charge is 0.507 e. The summed E-state index contributed by atoms with van der Waals surface area (Å²) in [6.07, 6.45) is 1.75. The van der Waals surface area contributed by atoms with Crippen molar-refractivity contribution in [1.82, 2.24) is 0 Å². The van der Waals surface area contributed by atoms with Crippen LogP contribution in [-0.4, -0.2) is 44.6 Å². The van der Waals surface area contributed by atoms with Crippen molar-refractivity contribution in [3.05, 3.63) is 46.6 Å². The van der Waals surface area contributed by atoms with Gasteiger partial charge >= 0.3 is 5.97 Å². The minimum atomic E-state index is -1.10. The molecule has 3 N–H and O–H groups in total. The van der Waals surface area contributed by atoms with Crippen LogP contribution in [0.5, 0.6) is 11.5 Å². The van der Waals surface area contributed by atoms with Crippen LogP contribution in [0.15, 0.2) is 35.4 Å². The van der Waals surface area contributed by atoms with Gasteiger partial charge in [-0.15, -0.1) is 0 Å². The van der Waals surface area contributed by atoms with Gasteiger partial charge in [-0.1, -0.05) is 6.08 Å². The molecule has 1 aromatic carbocycles. The number of fused-ring (bicyclic) bond motifs is 1. The molecule has 1 aliphatic rings. The van der Waals surface area contributed by atoms with Gasteiger partial charge in [0.15, 0.2) is 11.6 Å². The first-order chi connectivity index (χ1) is 13.0. The Morgan fingerprint density at radius 3 is 2.29 bits per heavy atom. The maximum absolute atomic E-state index is 13.0. The number of aliphatic hydroxyl groups is 1. The minimum absolute atomic E-state index is 0.0893. The third-order valence-corrected chi connectivity index (χ3v) is 4.55. The van der Waals surface area contributed by atoms with Crippen molar-refractivity contribution < 1.29 is 34.4 Å². The molecule has 0 saturated heterocycles. The van der Waals surface area contributed by atoms with E-state index >= 15 is 0 Å². The van der Waals surface area contributed by atoms with Crippen molar-refractivity contribution in [3.63, 3.8) is 0 Å². The Morgan fingerprint density at radius 1 is 1.18 bits per heavy atom. The maximum Gasteiger partial charge on any atom is 0.333 e. The quantitative estimate of drug-likeness (QED) is 0.389. The number of aromatic hydroxyl groups is 2. The van der Waals surface area contributed by atoms with E-state index in [-0.39, 0.29) is 29.5 Å². The van der Waals surface area contributed by atoms with Crippen LogP contribution >= 0.6 is 0 Å². The lowest BCUT2D eigenvalue weighted by Gasteiger charge is -2.26. The number of benzene rings is 1. The monoisotopic (exact) mass is 388 g/mol. The van der Waals surface area contributed by atoms with Gasteiger partial charge in [-0.05, 0) is 58.7 Å². The Kier molecular flexibility index (Phi) is 6.09. The lowest BCUT2D eigenvalue weighted by Crippen LogP contribution is -2.31. The SMILES string of the molecule is CC=C(C)C(=O)OC(CCC(C)(C)O)C1=CC(=O)c2c(O)ccc(O)c2C1=O. The normalized spacial score (nSPS) is 15.8. The lowest BCUT2D eigenvalue weighted by atomic mass is 9.84. The molecule has 1 atom stereocenters. The Labute approximate surface area is 163 Å². The number of ketones is 2. The van der Waals surface area contributed by atoms with Crippen LogP contribution in [0.3, 0.4) is 0 Å². The highest BCUT2D eigenvalue weighted by molar-refractivity contribution is 6.27. The summed E-state index contributed by atoms with van der Waals surface area (Å²) in [5, 5.41) is 30.0. The molecule has 0 saturated carbocycles. The Hall–Kier alpha value is -2.93. The first kappa shape index (κ1) is 21.4. The van der Waals surface area contributed by atoms with Gasteiger partial charge in [0.1, 0.15) is 17.6 Å². The topological polar surface area (TPSA) is 121 Å². The van der Waals surface area contributed by atoms with Crippen molar-refractivity contribution in [1.29, 1.82) is 0 Å². The summed E-state index contributed by atoms with van der Waals surface area (Å²) in [5.74, 6) is -2.92. The van der Waals surface area contributed by atoms with Crippen LogP contribution in [0.1, 0.15) is 61.3 Å². The zero-order valence-electron chi connectivity index (χ0n) is 16.3. The highest BCUT2D eigenvalue weighted by atomic mass is 16.5. The highest BCUT2D eigenvalue weighted by Crippen LogP contribution is 2.36. The number of ether oxygens (including phenoxy) is 1. The van der Waals surface area contributed by atoms with Gasteiger partial charge in [0.25, 0.3) is 0 Å². The maximum atomic E-state index is 13.0. The van der Waals surface area contributed by atoms with Crippen LogP contribution in [0.2, 0.25) is 0 Å². The fraction of sp³-hybridized carbons (Fsp3) is 0.381. The molecule has 0 fully saturated rings. The third-order valence-electron chi connectivity index (χ3n) is 4.55. The number of esters is 1. The molecule has 0 aromatic heterocycles. The van der Waals surface area contributed by atoms with Crippen molar-refractivity contribution in [2.24, 2.45) is 0 Å². The van der Waals surface area contributed by atoms with Crippen LogP contribution in [0.4, 0.5) is 0 Å². The molecule has 1 unspecified atom stereocenters. The summed E-state index contributed by atoms with van der Waals surface area (Å²) in [4.78, 5) is 37.7. The number of rotatable bonds is 6. The van der Waals surface area contributed by atoms with Crippen LogP contribution in [0, 0.1) is 0 Å². The molecule has 0 spiro atoms. The number of carbonyl (C=O) groups excluding carboxylic acids is 3. The number of hydrogen-bond acceptors (Lipinski definition) is 7. The van der Waals surface area contributed by atoms with E-state index in [4.69, 9.17) is 4.74 Å². The van der Waals surface area contributed by atoms with Crippen LogP contribution in [-0.2, 0) is 9.53 Å². The standard InChI is InChI=1S/C21H24O7/c1-5-11(2)20(26)28-16(8-9-21(3,4)27)12-10-15(24)17-13(22)6-7-14(23)18(17)19(12)25/h5-7,10,16,22-23,27H,8-9H2,1-4H3. The van der Waals surface area contributed by atoms with E-state index in [2.05, 4.69) is 0 Å². The van der Waals surface area contributed by atoms with E-state index in [9.17, 15) is 29.7 Å². The van der Waals surface area contributed by atoms with E-state index in [0.717, 1.165) is 18.2 Å². The summed E-state index contributed by atoms with van der Waals surface area (Å²) < 4.78 is 5.44. The fourth-order valence-electron chi connectivity index (χ4n) is 2.82. The van der Waals surface area contributed by atoms with Crippen molar-refractivity contribution in [2.45, 2.75) is 52.2 Å². The number of allylic oxidation sites excluding steroid dienone is 2. The van der Waals surface area contributed by atoms with E-state index < -0.39 is 40.7 Å². The molecule has 1 aliphatic carbocycles. The third kappa shape index (κ3) is 4.48. The minimum Gasteiger partial charge on any atom is -0.507 e. The molecule has 2 rings (SSSR count). The van der Waals surface area contributed by atoms with Gasteiger partial charge in [0, 0.05) is 11.1 Å². The molecule has 0 aliphatic heterocycles. The molecule has 150 valence electrons. The smallest absolute Gasteiger partial charge is 0.333 e. The molecule has 0 heterocycles. The van der Waals surface area contributed by atoms with E-state index in [0.29, 0.717) is 5.57 Å². The van der Waals surface area contributed by atoms with E-state index in [1.165, 1.54) is 0 Å². The van der Waals surface area contributed by atoms with Gasteiger partial charge in [-0.2, -0.15) is 0 Å². The summed E-state index contributed by atoms with van der Waals surface area (Å²) >= 11 is 0. The fourth-order valence-corrected chi connectivity index (χ4v) is 2.82. The van der Waals surface area contributed by atoms with Gasteiger partial charge in [0.2, 0.25) is 0 Å². The molecule has 0 bridgehead atoms. The molecular formula is C21H24O7. The lowest BCUT2D eigenvalue weighted by molar-refractivity contribution is -0.143. The molecule has 7 nitrogen and oxygen atoms in total. The second-order valence-corrected chi connectivity index (χ2v) is 7.36. The van der Waals surface area contributed by atoms with E-state index in [1.807, 2.05) is 0 Å². The molecular weight excluding hydrogens is 364 g/mol. The van der Waals surface area contributed by atoms with Gasteiger partial charge < -0.3 is 20.1 Å². The summed E-state index contributed by atoms with van der Waals surface area (Å²) in [6, 6.07) is 2.24. The number of carbonyl (C=O) groups is 3. The molecule has 0 radical (unpaired) electrons. The number of Topliss-reactive ketones (excluding diaryl/α,β-unsaturated/α-hetero) is 1. The summed E-state index contributed by atoms with van der Waals surface area (Å²) in [5.41, 5.74) is -1.48. The summed E-state index contributed by atoms with van der Waals surface area (Å²) in [6.45, 7) is 6.36. The zero-order chi connectivity index (χ0) is 21.2. The average molecular weight is 388 g/mol. The second-order valence-electron chi connectivity index (χ2n) is 7.36. The first-order valence-electron chi connectivity index (χ1n) is 8.88. The zero-order valence-corrected chi connectivity index (χ0v) is 16.3. The number of phenols is 2. The Bertz CT molecular complexity index is 885. The molecule has 28 heavy (non-hydrogen) atoms. The Balaban J connectivity index is 2.47. The van der Waals surface area contributed by atoms with Gasteiger partial charge in [-0.3, -0.25) is 9.59 Å². The van der Waals surface area contributed by atoms with Crippen LogP contribution < -0.4 is 0 Å². The number of phenolic OH excluding ortho intramolecular Hbond substituents is 2. The van der Waals surface area contributed by atoms with Crippen molar-refractivity contribution >= 4 is 17.5 Å². The second kappa shape index (κ2) is 7.98. The molecule has 1 aromatic rings. The van der Waals surface area contributed by atoms with Crippen LogP contribution in [0.25, 0.3) is 0 Å². The van der Waals surface area contributed by atoms with E-state index in [1.54, 1.807) is 33.8 Å². The summed E-state index contributed by atoms with van der Waals surface area (Å²) in [7, 11) is 0. The molecule has 7 heteroatoms. The van der Waals surface area contributed by atoms with Crippen molar-refractivity contribution in [3.8, 4) is 11.5 Å². The van der Waals surface area contributed by atoms with Crippen molar-refractivity contribution in [2.75, 3.05) is 0 Å². The molecule has 0 amide bonds. The van der Waals surface area contributed by atoms with Gasteiger partial charge in [-0.25, -0.2) is 4.79 Å². The average Bonchev–Trinajstić information content (AvgIpc) is 2.61. The Morgan fingerprint density at radius 2 is 1.75 bits per heavy atom. The predicted octanol–water partition coefficient (Wildman–Crippen LogP) is 2.83. The highest BCUT2D eigenvalue weighted by Gasteiger charge is 2.36. The first-order valence-corrected chi connectivity index (χ1v) is 8.88.